The fourth-order valence-corrected chi connectivity index (χ4v) is 5.80. The molecule has 0 unspecified atom stereocenters. The second-order valence-corrected chi connectivity index (χ2v) is 9.09. The van der Waals surface area contributed by atoms with E-state index in [1.54, 1.807) is 0 Å². The summed E-state index contributed by atoms with van der Waals surface area (Å²) in [6, 6.07) is 21.7. The molecule has 0 radical (unpaired) electrons. The Morgan fingerprint density at radius 1 is 0.857 bits per heavy atom. The second kappa shape index (κ2) is 6.45. The fraction of sp³-hybridized carbons (Fsp3) is 0.263. The van der Waals surface area contributed by atoms with Crippen LogP contribution in [-0.2, 0) is 4.74 Å². The Hall–Kier alpha value is -1.59. The number of hydrogen-bond acceptors (Lipinski definition) is 1. The summed E-state index contributed by atoms with van der Waals surface area (Å²) in [7, 11) is -1.53. The van der Waals surface area contributed by atoms with Crippen molar-refractivity contribution >= 4 is 17.9 Å². The van der Waals surface area contributed by atoms with Gasteiger partial charge in [0.15, 0.2) is 0 Å². The van der Waals surface area contributed by atoms with Crippen LogP contribution in [0.25, 0.3) is 0 Å². The zero-order chi connectivity index (χ0) is 14.5. The Morgan fingerprint density at radius 3 is 1.90 bits per heavy atom. The summed E-state index contributed by atoms with van der Waals surface area (Å²) in [5.74, 6) is 3.61. The monoisotopic (exact) mass is 297 g/mol. The van der Waals surface area contributed by atoms with Gasteiger partial charge in [0.1, 0.15) is 29.4 Å². The highest BCUT2D eigenvalue weighted by Crippen LogP contribution is 2.55. The van der Waals surface area contributed by atoms with E-state index in [4.69, 9.17) is 4.74 Å². The Kier molecular flexibility index (Phi) is 4.41. The molecule has 1 saturated heterocycles. The third-order valence-corrected chi connectivity index (χ3v) is 7.64. The van der Waals surface area contributed by atoms with E-state index >= 15 is 0 Å². The molecule has 1 fully saturated rings. The molecule has 2 aromatic rings. The number of benzene rings is 2. The largest absolute Gasteiger partial charge is 0.494 e. The van der Waals surface area contributed by atoms with Gasteiger partial charge in [-0.25, -0.2) is 0 Å². The van der Waals surface area contributed by atoms with Crippen LogP contribution in [0.3, 0.4) is 0 Å². The van der Waals surface area contributed by atoms with E-state index in [0.717, 1.165) is 13.0 Å². The number of allylic oxidation sites excluding steroid dienone is 1. The van der Waals surface area contributed by atoms with Crippen molar-refractivity contribution in [2.24, 2.45) is 0 Å². The number of rotatable bonds is 3. The van der Waals surface area contributed by atoms with Crippen LogP contribution < -0.4 is 10.6 Å². The lowest BCUT2D eigenvalue weighted by atomic mass is 10.2. The molecule has 108 valence electrons. The molecule has 0 aromatic heterocycles. The van der Waals surface area contributed by atoms with E-state index in [9.17, 15) is 0 Å². The predicted molar refractivity (Wildman–Crippen MR) is 92.9 cm³/mol. The molecule has 0 atom stereocenters. The third kappa shape index (κ3) is 3.19. The molecule has 0 N–H and O–H groups in total. The Bertz CT molecular complexity index is 556. The maximum absolute atomic E-state index is 5.91. The van der Waals surface area contributed by atoms with Gasteiger partial charge < -0.3 is 4.74 Å². The summed E-state index contributed by atoms with van der Waals surface area (Å²) in [5, 5.41) is 2.83. The summed E-state index contributed by atoms with van der Waals surface area (Å²) < 4.78 is 5.91. The van der Waals surface area contributed by atoms with Gasteiger partial charge in [-0.2, -0.15) is 0 Å². The van der Waals surface area contributed by atoms with Crippen molar-refractivity contribution in [3.8, 4) is 0 Å². The van der Waals surface area contributed by atoms with Gasteiger partial charge in [-0.3, -0.25) is 0 Å². The normalized spacial score (nSPS) is 17.5. The average Bonchev–Trinajstić information content (AvgIpc) is 2.57. The molecule has 2 aromatic carbocycles. The molecule has 0 bridgehead atoms. The average molecular weight is 297 g/mol. The minimum atomic E-state index is -1.53. The standard InChI is InChI=1S/C19H22OP/c1-21(18-11-4-2-5-12-18,19-13-6-3-7-14-19)16-17-10-8-9-15-20-17/h2-7,11-14,16H,8-10,15H2,1H3/q+1. The summed E-state index contributed by atoms with van der Waals surface area (Å²) >= 11 is 0. The summed E-state index contributed by atoms with van der Waals surface area (Å²) in [6.07, 6.45) is 3.51. The lowest BCUT2D eigenvalue weighted by Crippen LogP contribution is -2.20. The first kappa shape index (κ1) is 14.4. The molecule has 0 amide bonds. The van der Waals surface area contributed by atoms with Gasteiger partial charge in [-0.1, -0.05) is 36.4 Å². The van der Waals surface area contributed by atoms with Crippen molar-refractivity contribution in [2.75, 3.05) is 13.3 Å². The summed E-state index contributed by atoms with van der Waals surface area (Å²) in [4.78, 5) is 0. The first-order valence-electron chi connectivity index (χ1n) is 7.61. The highest BCUT2D eigenvalue weighted by atomic mass is 31.2. The van der Waals surface area contributed by atoms with Gasteiger partial charge in [-0.05, 0) is 37.1 Å². The lowest BCUT2D eigenvalue weighted by Gasteiger charge is -2.22. The molecule has 3 rings (SSSR count). The Labute approximate surface area is 128 Å². The molecule has 21 heavy (non-hydrogen) atoms. The van der Waals surface area contributed by atoms with Gasteiger partial charge in [0, 0.05) is 6.42 Å². The van der Waals surface area contributed by atoms with Crippen LogP contribution in [0.15, 0.2) is 72.2 Å². The van der Waals surface area contributed by atoms with Crippen molar-refractivity contribution in [2.45, 2.75) is 19.3 Å². The van der Waals surface area contributed by atoms with E-state index in [1.807, 2.05) is 0 Å². The van der Waals surface area contributed by atoms with Crippen LogP contribution in [0.5, 0.6) is 0 Å². The van der Waals surface area contributed by atoms with Crippen LogP contribution in [0.1, 0.15) is 19.3 Å². The van der Waals surface area contributed by atoms with Gasteiger partial charge in [0.05, 0.1) is 13.3 Å². The summed E-state index contributed by atoms with van der Waals surface area (Å²) in [6.45, 7) is 3.26. The zero-order valence-electron chi connectivity index (χ0n) is 12.5. The molecule has 0 aliphatic carbocycles. The first-order chi connectivity index (χ1) is 10.3. The van der Waals surface area contributed by atoms with Crippen molar-refractivity contribution in [3.63, 3.8) is 0 Å². The van der Waals surface area contributed by atoms with E-state index in [1.165, 1.54) is 29.2 Å². The van der Waals surface area contributed by atoms with Gasteiger partial charge in [0.25, 0.3) is 0 Å². The molecule has 1 aliphatic heterocycles. The van der Waals surface area contributed by atoms with Crippen molar-refractivity contribution in [1.29, 1.82) is 0 Å². The van der Waals surface area contributed by atoms with E-state index < -0.39 is 7.26 Å². The zero-order valence-corrected chi connectivity index (χ0v) is 13.4. The lowest BCUT2D eigenvalue weighted by molar-refractivity contribution is 0.167. The van der Waals surface area contributed by atoms with E-state index in [2.05, 4.69) is 73.1 Å². The first-order valence-corrected chi connectivity index (χ1v) is 9.91. The maximum atomic E-state index is 5.91. The third-order valence-electron chi connectivity index (χ3n) is 4.09. The van der Waals surface area contributed by atoms with Crippen LogP contribution in [0.4, 0.5) is 0 Å². The number of hydrogen-bond donors (Lipinski definition) is 0. The minimum Gasteiger partial charge on any atom is -0.494 e. The van der Waals surface area contributed by atoms with E-state index in [0.29, 0.717) is 0 Å². The molecule has 1 heterocycles. The van der Waals surface area contributed by atoms with Crippen LogP contribution >= 0.6 is 7.26 Å². The SMILES string of the molecule is C[P+](C=C1CCCCO1)(c1ccccc1)c1ccccc1. The molecule has 1 nitrogen and oxygen atoms in total. The highest BCUT2D eigenvalue weighted by Gasteiger charge is 2.36. The van der Waals surface area contributed by atoms with Gasteiger partial charge >= 0.3 is 0 Å². The van der Waals surface area contributed by atoms with Crippen LogP contribution in [0.2, 0.25) is 0 Å². The van der Waals surface area contributed by atoms with Crippen molar-refractivity contribution in [3.05, 3.63) is 72.2 Å². The molecule has 1 aliphatic rings. The van der Waals surface area contributed by atoms with Crippen LogP contribution in [0, 0.1) is 0 Å². The molecule has 0 spiro atoms. The predicted octanol–water partition coefficient (Wildman–Crippen LogP) is 4.33. The molecule has 2 heteroatoms. The fourth-order valence-electron chi connectivity index (χ4n) is 2.84. The van der Waals surface area contributed by atoms with Gasteiger partial charge in [0.2, 0.25) is 0 Å². The second-order valence-electron chi connectivity index (χ2n) is 5.65. The van der Waals surface area contributed by atoms with Crippen molar-refractivity contribution in [1.82, 2.24) is 0 Å². The van der Waals surface area contributed by atoms with E-state index in [-0.39, 0.29) is 0 Å². The molecular formula is C19H22OP+. The Morgan fingerprint density at radius 2 is 1.43 bits per heavy atom. The summed E-state index contributed by atoms with van der Waals surface area (Å²) in [5.41, 5.74) is 0. The highest BCUT2D eigenvalue weighted by molar-refractivity contribution is 7.91. The number of ether oxygens (including phenoxy) is 1. The topological polar surface area (TPSA) is 9.23 Å². The van der Waals surface area contributed by atoms with Crippen molar-refractivity contribution < 1.29 is 4.74 Å². The van der Waals surface area contributed by atoms with Crippen LogP contribution in [-0.4, -0.2) is 13.3 Å². The molecule has 0 saturated carbocycles. The quantitative estimate of drug-likeness (QED) is 0.766. The van der Waals surface area contributed by atoms with Gasteiger partial charge in [-0.15, -0.1) is 0 Å². The maximum Gasteiger partial charge on any atom is 0.131 e. The minimum absolute atomic E-state index is 0.870. The molecular weight excluding hydrogens is 275 g/mol. The smallest absolute Gasteiger partial charge is 0.131 e. The Balaban J connectivity index is 2.07.